The minimum atomic E-state index is -0.242. The van der Waals surface area contributed by atoms with Gasteiger partial charge in [0.25, 0.3) is 5.91 Å². The Labute approximate surface area is 138 Å². The second-order valence-corrected chi connectivity index (χ2v) is 4.96. The van der Waals surface area contributed by atoms with Crippen LogP contribution in [0.25, 0.3) is 23.5 Å². The molecule has 2 heterocycles. The van der Waals surface area contributed by atoms with Crippen LogP contribution in [0, 0.1) is 0 Å². The number of rotatable bonds is 5. The van der Waals surface area contributed by atoms with Crippen molar-refractivity contribution < 1.29 is 4.79 Å². The Kier molecular flexibility index (Phi) is 4.33. The third kappa shape index (κ3) is 3.00. The zero-order chi connectivity index (χ0) is 16.9. The summed E-state index contributed by atoms with van der Waals surface area (Å²) >= 11 is 0. The van der Waals surface area contributed by atoms with Crippen LogP contribution < -0.4 is 5.32 Å². The number of aromatic nitrogens is 5. The Morgan fingerprint density at radius 2 is 2.25 bits per heavy atom. The normalized spacial score (nSPS) is 10.9. The van der Waals surface area contributed by atoms with Gasteiger partial charge in [0.1, 0.15) is 5.69 Å². The van der Waals surface area contributed by atoms with Crippen LogP contribution in [0.4, 0.5) is 5.69 Å². The van der Waals surface area contributed by atoms with E-state index < -0.39 is 0 Å². The second-order valence-electron chi connectivity index (χ2n) is 4.96. The molecule has 0 aliphatic carbocycles. The third-order valence-corrected chi connectivity index (χ3v) is 3.41. The Balaban J connectivity index is 1.87. The fraction of sp³-hybridized carbons (Fsp3) is 0.0588. The molecule has 1 aromatic carbocycles. The molecule has 3 aromatic rings. The highest BCUT2D eigenvalue weighted by atomic mass is 16.1. The highest BCUT2D eigenvalue weighted by Crippen LogP contribution is 2.21. The lowest BCUT2D eigenvalue weighted by atomic mass is 10.1. The molecule has 7 nitrogen and oxygen atoms in total. The summed E-state index contributed by atoms with van der Waals surface area (Å²) in [5.74, 6) is -0.242. The number of H-pyrrole nitrogens is 1. The molecule has 7 heteroatoms. The van der Waals surface area contributed by atoms with E-state index in [-0.39, 0.29) is 5.91 Å². The van der Waals surface area contributed by atoms with Gasteiger partial charge in [-0.25, -0.2) is 4.68 Å². The molecule has 0 aliphatic rings. The molecule has 3 rings (SSSR count). The first-order valence-electron chi connectivity index (χ1n) is 7.33. The molecule has 1 amide bonds. The van der Waals surface area contributed by atoms with Crippen LogP contribution in [0.1, 0.15) is 23.0 Å². The molecule has 0 aliphatic heterocycles. The van der Waals surface area contributed by atoms with Crippen molar-refractivity contribution in [2.45, 2.75) is 6.92 Å². The predicted molar refractivity (Wildman–Crippen MR) is 93.1 cm³/mol. The van der Waals surface area contributed by atoms with Crippen molar-refractivity contribution in [3.8, 4) is 11.3 Å². The lowest BCUT2D eigenvalue weighted by Crippen LogP contribution is -2.12. The maximum Gasteiger partial charge on any atom is 0.259 e. The van der Waals surface area contributed by atoms with Crippen molar-refractivity contribution in [3.05, 3.63) is 60.6 Å². The van der Waals surface area contributed by atoms with Gasteiger partial charge in [0.15, 0.2) is 0 Å². The number of carbonyl (C=O) groups is 1. The molecule has 24 heavy (non-hydrogen) atoms. The second kappa shape index (κ2) is 6.74. The van der Waals surface area contributed by atoms with E-state index in [1.807, 2.05) is 43.3 Å². The van der Waals surface area contributed by atoms with Crippen molar-refractivity contribution in [1.29, 1.82) is 0 Å². The Morgan fingerprint density at radius 1 is 1.38 bits per heavy atom. The lowest BCUT2D eigenvalue weighted by Gasteiger charge is -2.06. The summed E-state index contributed by atoms with van der Waals surface area (Å²) in [6.45, 7) is 5.57. The molecule has 2 aromatic heterocycles. The minimum Gasteiger partial charge on any atom is -0.322 e. The van der Waals surface area contributed by atoms with Crippen LogP contribution in [0.3, 0.4) is 0 Å². The average Bonchev–Trinajstić information content (AvgIpc) is 3.25. The number of anilines is 1. The summed E-state index contributed by atoms with van der Waals surface area (Å²) in [7, 11) is 0. The van der Waals surface area contributed by atoms with Crippen LogP contribution in [0.2, 0.25) is 0 Å². The molecule has 0 radical (unpaired) electrons. The molecule has 0 bridgehead atoms. The van der Waals surface area contributed by atoms with Crippen LogP contribution in [0.15, 0.2) is 49.3 Å². The van der Waals surface area contributed by atoms with Gasteiger partial charge in [-0.1, -0.05) is 24.8 Å². The number of hydrogen-bond donors (Lipinski definition) is 2. The number of benzene rings is 1. The fourth-order valence-electron chi connectivity index (χ4n) is 2.31. The minimum absolute atomic E-state index is 0.242. The molecule has 0 unspecified atom stereocenters. The molecule has 0 atom stereocenters. The van der Waals surface area contributed by atoms with E-state index in [1.54, 1.807) is 17.1 Å². The fourth-order valence-corrected chi connectivity index (χ4v) is 2.31. The van der Waals surface area contributed by atoms with E-state index in [0.717, 1.165) is 5.56 Å². The maximum atomic E-state index is 12.6. The quantitative estimate of drug-likeness (QED) is 0.756. The Morgan fingerprint density at radius 3 is 2.96 bits per heavy atom. The summed E-state index contributed by atoms with van der Waals surface area (Å²) in [6, 6.07) is 7.39. The van der Waals surface area contributed by atoms with E-state index in [9.17, 15) is 4.79 Å². The van der Waals surface area contributed by atoms with Gasteiger partial charge < -0.3 is 5.32 Å². The van der Waals surface area contributed by atoms with Gasteiger partial charge in [-0.2, -0.15) is 20.5 Å². The molecule has 0 fully saturated rings. The van der Waals surface area contributed by atoms with Gasteiger partial charge in [-0.05, 0) is 25.1 Å². The first-order chi connectivity index (χ1) is 11.7. The molecular formula is C17H16N6O. The largest absolute Gasteiger partial charge is 0.322 e. The van der Waals surface area contributed by atoms with Crippen LogP contribution in [0.5, 0.6) is 0 Å². The van der Waals surface area contributed by atoms with E-state index >= 15 is 0 Å². The summed E-state index contributed by atoms with van der Waals surface area (Å²) in [6.07, 6.45) is 8.36. The Hall–Kier alpha value is -3.48. The molecule has 0 saturated heterocycles. The van der Waals surface area contributed by atoms with Gasteiger partial charge >= 0.3 is 0 Å². The van der Waals surface area contributed by atoms with Gasteiger partial charge in [0, 0.05) is 17.5 Å². The standard InChI is InChI=1S/C17H16N6O/c1-3-6-16-14(10-19-23(16)4-2)17(24)20-13-8-5-7-12(9-13)15-11-18-22-21-15/h3-11H,2H2,1H3,(H,20,24)(H,18,21,22)/b6-3-. The maximum absolute atomic E-state index is 12.6. The van der Waals surface area contributed by atoms with E-state index in [1.165, 1.54) is 6.20 Å². The summed E-state index contributed by atoms with van der Waals surface area (Å²) in [5.41, 5.74) is 3.38. The summed E-state index contributed by atoms with van der Waals surface area (Å²) < 4.78 is 1.56. The first-order valence-corrected chi connectivity index (χ1v) is 7.33. The number of nitrogens with zero attached hydrogens (tertiary/aromatic N) is 4. The average molecular weight is 320 g/mol. The SMILES string of the molecule is C=Cn1ncc(C(=O)Nc2cccc(-c3cn[nH]n3)c2)c1/C=C\C. The van der Waals surface area contributed by atoms with E-state index in [0.29, 0.717) is 22.6 Å². The van der Waals surface area contributed by atoms with Gasteiger partial charge in [0.05, 0.1) is 23.7 Å². The topological polar surface area (TPSA) is 88.5 Å². The third-order valence-electron chi connectivity index (χ3n) is 3.41. The highest BCUT2D eigenvalue weighted by molar-refractivity contribution is 6.06. The van der Waals surface area contributed by atoms with Crippen LogP contribution in [-0.4, -0.2) is 31.1 Å². The molecular weight excluding hydrogens is 304 g/mol. The smallest absolute Gasteiger partial charge is 0.259 e. The van der Waals surface area contributed by atoms with E-state index in [2.05, 4.69) is 32.4 Å². The molecule has 0 saturated carbocycles. The zero-order valence-corrected chi connectivity index (χ0v) is 13.1. The molecule has 120 valence electrons. The summed E-state index contributed by atoms with van der Waals surface area (Å²) in [4.78, 5) is 12.6. The number of carbonyl (C=O) groups excluding carboxylic acids is 1. The molecule has 0 spiro atoms. The number of allylic oxidation sites excluding steroid dienone is 1. The number of amides is 1. The van der Waals surface area contributed by atoms with E-state index in [4.69, 9.17) is 0 Å². The van der Waals surface area contributed by atoms with Crippen molar-refractivity contribution in [2.24, 2.45) is 0 Å². The van der Waals surface area contributed by atoms with Crippen molar-refractivity contribution in [3.63, 3.8) is 0 Å². The Bertz CT molecular complexity index is 892. The monoisotopic (exact) mass is 320 g/mol. The number of aromatic amines is 1. The number of nitrogens with one attached hydrogen (secondary N) is 2. The van der Waals surface area contributed by atoms with Crippen LogP contribution in [-0.2, 0) is 0 Å². The van der Waals surface area contributed by atoms with Gasteiger partial charge in [0.2, 0.25) is 0 Å². The van der Waals surface area contributed by atoms with Gasteiger partial charge in [-0.15, -0.1) is 0 Å². The number of hydrogen-bond acceptors (Lipinski definition) is 4. The van der Waals surface area contributed by atoms with Crippen molar-refractivity contribution in [2.75, 3.05) is 5.32 Å². The zero-order valence-electron chi connectivity index (χ0n) is 13.1. The van der Waals surface area contributed by atoms with Gasteiger partial charge in [-0.3, -0.25) is 4.79 Å². The van der Waals surface area contributed by atoms with Crippen molar-refractivity contribution >= 4 is 23.9 Å². The lowest BCUT2D eigenvalue weighted by molar-refractivity contribution is 0.102. The highest BCUT2D eigenvalue weighted by Gasteiger charge is 2.15. The molecule has 2 N–H and O–H groups in total. The first kappa shape index (κ1) is 15.4. The summed E-state index contributed by atoms with van der Waals surface area (Å²) in [5, 5.41) is 17.4. The van der Waals surface area contributed by atoms with Crippen LogP contribution >= 0.6 is 0 Å². The van der Waals surface area contributed by atoms with Crippen molar-refractivity contribution in [1.82, 2.24) is 25.2 Å². The predicted octanol–water partition coefficient (Wildman–Crippen LogP) is 3.05.